The van der Waals surface area contributed by atoms with Crippen LogP contribution < -0.4 is 0 Å². The van der Waals surface area contributed by atoms with Crippen molar-refractivity contribution in [3.8, 4) is 0 Å². The lowest BCUT2D eigenvalue weighted by Gasteiger charge is -2.03. The van der Waals surface area contributed by atoms with Gasteiger partial charge in [-0.2, -0.15) is 0 Å². The van der Waals surface area contributed by atoms with Crippen molar-refractivity contribution in [3.05, 3.63) is 35.4 Å². The first kappa shape index (κ1) is 10.6. The molecule has 0 aliphatic heterocycles. The predicted octanol–water partition coefficient (Wildman–Crippen LogP) is 2.40. The Balaban J connectivity index is 2.95. The zero-order valence-electron chi connectivity index (χ0n) is 8.70. The molecule has 2 heteroatoms. The highest BCUT2D eigenvalue weighted by Crippen LogP contribution is 2.08. The minimum atomic E-state index is -0.385. The second kappa shape index (κ2) is 4.18. The summed E-state index contributed by atoms with van der Waals surface area (Å²) in [6.45, 7) is 5.36. The fourth-order valence-electron chi connectivity index (χ4n) is 1.19. The molecule has 0 aliphatic carbocycles. The Bertz CT molecular complexity index is 364. The molecule has 0 radical (unpaired) electrons. The van der Waals surface area contributed by atoms with Crippen molar-refractivity contribution in [1.29, 1.82) is 0 Å². The normalized spacial score (nSPS) is 10.3. The predicted molar refractivity (Wildman–Crippen MR) is 55.4 cm³/mol. The Morgan fingerprint density at radius 3 is 2.36 bits per heavy atom. The summed E-state index contributed by atoms with van der Waals surface area (Å²) >= 11 is 0. The average molecular weight is 190 g/mol. The van der Waals surface area contributed by atoms with Crippen LogP contribution in [0, 0.1) is 12.8 Å². The summed E-state index contributed by atoms with van der Waals surface area (Å²) in [7, 11) is 0. The second-order valence-electron chi connectivity index (χ2n) is 3.72. The Labute approximate surface area is 83.9 Å². The van der Waals surface area contributed by atoms with Crippen molar-refractivity contribution in [2.24, 2.45) is 5.92 Å². The zero-order valence-corrected chi connectivity index (χ0v) is 8.70. The Morgan fingerprint density at radius 2 is 1.86 bits per heavy atom. The molecule has 0 aromatic heterocycles. The van der Waals surface area contributed by atoms with Crippen LogP contribution in [0.3, 0.4) is 0 Å². The number of ketones is 2. The van der Waals surface area contributed by atoms with Gasteiger partial charge in [-0.1, -0.05) is 37.6 Å². The monoisotopic (exact) mass is 190 g/mol. The molecule has 0 saturated carbocycles. The van der Waals surface area contributed by atoms with Crippen molar-refractivity contribution in [1.82, 2.24) is 0 Å². The molecular weight excluding hydrogens is 176 g/mol. The van der Waals surface area contributed by atoms with Gasteiger partial charge in [-0.25, -0.2) is 0 Å². The third-order valence-corrected chi connectivity index (χ3v) is 2.03. The molecule has 0 atom stereocenters. The maximum atomic E-state index is 11.6. The highest BCUT2D eigenvalue weighted by Gasteiger charge is 2.18. The summed E-state index contributed by atoms with van der Waals surface area (Å²) in [4.78, 5) is 23.0. The van der Waals surface area contributed by atoms with E-state index in [1.165, 1.54) is 0 Å². The van der Waals surface area contributed by atoms with Gasteiger partial charge in [-0.3, -0.25) is 9.59 Å². The fraction of sp³-hybridized carbons (Fsp3) is 0.333. The van der Waals surface area contributed by atoms with Gasteiger partial charge in [0.25, 0.3) is 0 Å². The molecule has 0 heterocycles. The van der Waals surface area contributed by atoms with E-state index in [9.17, 15) is 9.59 Å². The van der Waals surface area contributed by atoms with E-state index in [0.29, 0.717) is 5.56 Å². The molecular formula is C12H14O2. The van der Waals surface area contributed by atoms with E-state index in [1.807, 2.05) is 13.0 Å². The first-order valence-corrected chi connectivity index (χ1v) is 4.67. The van der Waals surface area contributed by atoms with E-state index in [2.05, 4.69) is 0 Å². The number of carbonyl (C=O) groups excluding carboxylic acids is 2. The lowest BCUT2D eigenvalue weighted by Crippen LogP contribution is -2.19. The number of rotatable bonds is 3. The van der Waals surface area contributed by atoms with E-state index in [-0.39, 0.29) is 17.5 Å². The molecule has 0 spiro atoms. The minimum Gasteiger partial charge on any atom is -0.290 e. The van der Waals surface area contributed by atoms with Crippen LogP contribution in [0.2, 0.25) is 0 Å². The van der Waals surface area contributed by atoms with Crippen LogP contribution in [0.5, 0.6) is 0 Å². The van der Waals surface area contributed by atoms with Crippen LogP contribution in [-0.2, 0) is 4.79 Å². The first-order chi connectivity index (χ1) is 6.52. The highest BCUT2D eigenvalue weighted by atomic mass is 16.2. The minimum absolute atomic E-state index is 0.233. The number of benzene rings is 1. The fourth-order valence-corrected chi connectivity index (χ4v) is 1.19. The van der Waals surface area contributed by atoms with Gasteiger partial charge in [-0.05, 0) is 13.0 Å². The maximum absolute atomic E-state index is 11.6. The summed E-state index contributed by atoms with van der Waals surface area (Å²) in [6.07, 6.45) is 0. The molecule has 0 unspecified atom stereocenters. The second-order valence-corrected chi connectivity index (χ2v) is 3.72. The smallest absolute Gasteiger partial charge is 0.228 e. The van der Waals surface area contributed by atoms with Crippen LogP contribution in [0.4, 0.5) is 0 Å². The van der Waals surface area contributed by atoms with E-state index >= 15 is 0 Å². The summed E-state index contributed by atoms with van der Waals surface area (Å²) < 4.78 is 0. The van der Waals surface area contributed by atoms with E-state index in [0.717, 1.165) is 5.56 Å². The van der Waals surface area contributed by atoms with Crippen LogP contribution in [0.25, 0.3) is 0 Å². The van der Waals surface area contributed by atoms with E-state index in [1.54, 1.807) is 32.0 Å². The molecule has 74 valence electrons. The van der Waals surface area contributed by atoms with Gasteiger partial charge in [0, 0.05) is 11.5 Å². The van der Waals surface area contributed by atoms with Gasteiger partial charge in [-0.15, -0.1) is 0 Å². The number of hydrogen-bond donors (Lipinski definition) is 0. The van der Waals surface area contributed by atoms with Crippen molar-refractivity contribution < 1.29 is 9.59 Å². The van der Waals surface area contributed by atoms with Crippen LogP contribution in [0.15, 0.2) is 24.3 Å². The molecule has 1 aromatic carbocycles. The van der Waals surface area contributed by atoms with E-state index < -0.39 is 0 Å². The molecule has 14 heavy (non-hydrogen) atoms. The summed E-state index contributed by atoms with van der Waals surface area (Å²) in [5, 5.41) is 0. The lowest BCUT2D eigenvalue weighted by atomic mass is 9.99. The zero-order chi connectivity index (χ0) is 10.7. The molecule has 0 aliphatic rings. The van der Waals surface area contributed by atoms with E-state index in [4.69, 9.17) is 0 Å². The molecule has 2 nitrogen and oxygen atoms in total. The van der Waals surface area contributed by atoms with Crippen molar-refractivity contribution in [2.75, 3.05) is 0 Å². The first-order valence-electron chi connectivity index (χ1n) is 4.67. The summed E-state index contributed by atoms with van der Waals surface area (Å²) in [5.41, 5.74) is 1.48. The SMILES string of the molecule is Cc1cccc(C(=O)C(=O)C(C)C)c1. The summed E-state index contributed by atoms with van der Waals surface area (Å²) in [6, 6.07) is 7.10. The third-order valence-electron chi connectivity index (χ3n) is 2.03. The largest absolute Gasteiger partial charge is 0.290 e. The van der Waals surface area contributed by atoms with Crippen LogP contribution in [-0.4, -0.2) is 11.6 Å². The van der Waals surface area contributed by atoms with Gasteiger partial charge in [0.1, 0.15) is 0 Å². The van der Waals surface area contributed by atoms with Crippen LogP contribution >= 0.6 is 0 Å². The van der Waals surface area contributed by atoms with Gasteiger partial charge in [0.2, 0.25) is 11.6 Å². The van der Waals surface area contributed by atoms with Gasteiger partial charge >= 0.3 is 0 Å². The number of Topliss-reactive ketones (excluding diaryl/α,β-unsaturated/α-hetero) is 2. The van der Waals surface area contributed by atoms with Gasteiger partial charge in [0.05, 0.1) is 0 Å². The lowest BCUT2D eigenvalue weighted by molar-refractivity contribution is -0.117. The highest BCUT2D eigenvalue weighted by molar-refractivity contribution is 6.44. The molecule has 1 aromatic rings. The summed E-state index contributed by atoms with van der Waals surface area (Å²) in [5.74, 6) is -0.942. The number of carbonyl (C=O) groups is 2. The number of hydrogen-bond acceptors (Lipinski definition) is 2. The Morgan fingerprint density at radius 1 is 1.21 bits per heavy atom. The molecule has 0 saturated heterocycles. The third kappa shape index (κ3) is 2.28. The number of aryl methyl sites for hydroxylation is 1. The topological polar surface area (TPSA) is 34.1 Å². The average Bonchev–Trinajstić information content (AvgIpc) is 2.15. The molecule has 0 N–H and O–H groups in total. The van der Waals surface area contributed by atoms with Crippen molar-refractivity contribution in [2.45, 2.75) is 20.8 Å². The molecule has 0 amide bonds. The Kier molecular flexibility index (Phi) is 3.18. The van der Waals surface area contributed by atoms with Crippen molar-refractivity contribution in [3.63, 3.8) is 0 Å². The maximum Gasteiger partial charge on any atom is 0.228 e. The Hall–Kier alpha value is -1.44. The van der Waals surface area contributed by atoms with Gasteiger partial charge in [0.15, 0.2) is 0 Å². The molecule has 0 bridgehead atoms. The molecule has 1 rings (SSSR count). The molecule has 0 fully saturated rings. The van der Waals surface area contributed by atoms with Crippen molar-refractivity contribution >= 4 is 11.6 Å². The van der Waals surface area contributed by atoms with Crippen LogP contribution in [0.1, 0.15) is 29.8 Å². The quantitative estimate of drug-likeness (QED) is 0.541. The standard InChI is InChI=1S/C12H14O2/c1-8(2)11(13)12(14)10-6-4-5-9(3)7-10/h4-8H,1-3H3. The van der Waals surface area contributed by atoms with Gasteiger partial charge < -0.3 is 0 Å².